The first-order valence-corrected chi connectivity index (χ1v) is 7.19. The number of nitrogens with one attached hydrogen (secondary N) is 1. The van der Waals surface area contributed by atoms with Gasteiger partial charge in [-0.25, -0.2) is 8.42 Å². The van der Waals surface area contributed by atoms with Crippen LogP contribution in [0, 0.1) is 6.92 Å². The molecule has 0 aromatic carbocycles. The molecule has 1 aromatic heterocycles. The molecular weight excluding hydrogens is 274 g/mol. The summed E-state index contributed by atoms with van der Waals surface area (Å²) in [5, 5.41) is 15.0. The lowest BCUT2D eigenvalue weighted by molar-refractivity contribution is -0.141. The number of aliphatic carboxylic acids is 1. The summed E-state index contributed by atoms with van der Waals surface area (Å²) < 4.78 is 31.2. The normalized spacial score (nSPS) is 21.4. The van der Waals surface area contributed by atoms with Gasteiger partial charge in [0, 0.05) is 13.1 Å². The average Bonchev–Trinajstić information content (AvgIpc) is 2.75. The van der Waals surface area contributed by atoms with Crippen LogP contribution in [-0.2, 0) is 19.6 Å². The van der Waals surface area contributed by atoms with Crippen molar-refractivity contribution in [3.05, 3.63) is 11.9 Å². The number of carboxylic acid groups (broad SMARTS) is 1. The molecule has 19 heavy (non-hydrogen) atoms. The van der Waals surface area contributed by atoms with E-state index in [1.54, 1.807) is 6.92 Å². The number of aromatic amines is 1. The van der Waals surface area contributed by atoms with Crippen molar-refractivity contribution in [1.29, 1.82) is 0 Å². The molecule has 106 valence electrons. The fraction of sp³-hybridized carbons (Fsp3) is 0.600. The Balaban J connectivity index is 2.17. The van der Waals surface area contributed by atoms with Gasteiger partial charge < -0.3 is 9.84 Å². The minimum Gasteiger partial charge on any atom is -0.481 e. The SMILES string of the molecule is Cc1[nH]ncc1S(=O)(=O)N1CCOC(CC(=O)O)C1. The number of ether oxygens (including phenoxy) is 1. The van der Waals surface area contributed by atoms with Crippen molar-refractivity contribution >= 4 is 16.0 Å². The van der Waals surface area contributed by atoms with Crippen molar-refractivity contribution in [2.24, 2.45) is 0 Å². The lowest BCUT2D eigenvalue weighted by Crippen LogP contribution is -2.46. The van der Waals surface area contributed by atoms with E-state index in [1.165, 1.54) is 10.5 Å². The van der Waals surface area contributed by atoms with Crippen LogP contribution in [0.2, 0.25) is 0 Å². The summed E-state index contributed by atoms with van der Waals surface area (Å²) in [7, 11) is -3.65. The van der Waals surface area contributed by atoms with E-state index in [9.17, 15) is 13.2 Å². The molecule has 0 radical (unpaired) electrons. The zero-order chi connectivity index (χ0) is 14.0. The third-order valence-electron chi connectivity index (χ3n) is 2.91. The number of nitrogens with zero attached hydrogens (tertiary/aromatic N) is 2. The molecule has 9 heteroatoms. The monoisotopic (exact) mass is 289 g/mol. The maximum absolute atomic E-state index is 12.4. The topological polar surface area (TPSA) is 113 Å². The first-order valence-electron chi connectivity index (χ1n) is 5.75. The van der Waals surface area contributed by atoms with Crippen LogP contribution >= 0.6 is 0 Å². The van der Waals surface area contributed by atoms with Gasteiger partial charge in [0.1, 0.15) is 4.90 Å². The minimum atomic E-state index is -3.65. The van der Waals surface area contributed by atoms with E-state index >= 15 is 0 Å². The molecule has 1 fully saturated rings. The number of morpholine rings is 1. The molecule has 0 saturated carbocycles. The van der Waals surface area contributed by atoms with Crippen LogP contribution in [0.3, 0.4) is 0 Å². The van der Waals surface area contributed by atoms with Gasteiger partial charge in [0.15, 0.2) is 0 Å². The van der Waals surface area contributed by atoms with Gasteiger partial charge in [-0.1, -0.05) is 0 Å². The molecule has 0 bridgehead atoms. The number of rotatable bonds is 4. The number of aromatic nitrogens is 2. The molecule has 8 nitrogen and oxygen atoms in total. The van der Waals surface area contributed by atoms with Crippen molar-refractivity contribution in [3.63, 3.8) is 0 Å². The zero-order valence-electron chi connectivity index (χ0n) is 10.4. The summed E-state index contributed by atoms with van der Waals surface area (Å²) in [5.74, 6) is -1.01. The van der Waals surface area contributed by atoms with Crippen LogP contribution < -0.4 is 0 Å². The molecule has 1 aromatic rings. The number of hydrogen-bond acceptors (Lipinski definition) is 5. The second-order valence-corrected chi connectivity index (χ2v) is 6.22. The summed E-state index contributed by atoms with van der Waals surface area (Å²) in [5.41, 5.74) is 0.460. The minimum absolute atomic E-state index is 0.0409. The van der Waals surface area contributed by atoms with E-state index in [0.717, 1.165) is 0 Å². The van der Waals surface area contributed by atoms with Crippen molar-refractivity contribution in [2.75, 3.05) is 19.7 Å². The van der Waals surface area contributed by atoms with Crippen molar-refractivity contribution in [3.8, 4) is 0 Å². The highest BCUT2D eigenvalue weighted by Gasteiger charge is 2.33. The molecule has 1 aliphatic rings. The molecule has 2 rings (SSSR count). The first kappa shape index (κ1) is 14.0. The lowest BCUT2D eigenvalue weighted by Gasteiger charge is -2.31. The van der Waals surface area contributed by atoms with Crippen molar-refractivity contribution < 1.29 is 23.1 Å². The third-order valence-corrected chi connectivity index (χ3v) is 4.88. The Morgan fingerprint density at radius 1 is 1.68 bits per heavy atom. The third kappa shape index (κ3) is 2.94. The van der Waals surface area contributed by atoms with Crippen molar-refractivity contribution in [2.45, 2.75) is 24.3 Å². The molecular formula is C10H15N3O5S. The van der Waals surface area contributed by atoms with E-state index in [1.807, 2.05) is 0 Å². The molecule has 0 amide bonds. The number of H-pyrrole nitrogens is 1. The van der Waals surface area contributed by atoms with Crippen LogP contribution in [0.1, 0.15) is 12.1 Å². The van der Waals surface area contributed by atoms with E-state index in [-0.39, 0.29) is 31.0 Å². The van der Waals surface area contributed by atoms with Gasteiger partial charge in [0.25, 0.3) is 0 Å². The number of hydrogen-bond donors (Lipinski definition) is 2. The van der Waals surface area contributed by atoms with Crippen LogP contribution in [0.15, 0.2) is 11.1 Å². The predicted molar refractivity (Wildman–Crippen MR) is 64.1 cm³/mol. The molecule has 0 spiro atoms. The van der Waals surface area contributed by atoms with Crippen LogP contribution in [0.25, 0.3) is 0 Å². The average molecular weight is 289 g/mol. The highest BCUT2D eigenvalue weighted by atomic mass is 32.2. The quantitative estimate of drug-likeness (QED) is 0.778. The molecule has 2 heterocycles. The highest BCUT2D eigenvalue weighted by molar-refractivity contribution is 7.89. The Labute approximate surface area is 110 Å². The summed E-state index contributed by atoms with van der Waals surface area (Å²) in [4.78, 5) is 10.8. The maximum Gasteiger partial charge on any atom is 0.306 e. The second-order valence-electron chi connectivity index (χ2n) is 4.31. The van der Waals surface area contributed by atoms with Crippen molar-refractivity contribution in [1.82, 2.24) is 14.5 Å². The summed E-state index contributed by atoms with van der Waals surface area (Å²) in [6.07, 6.45) is 0.427. The number of carboxylic acids is 1. The van der Waals surface area contributed by atoms with Gasteiger partial charge in [0.05, 0.1) is 31.0 Å². The molecule has 0 aliphatic carbocycles. The largest absolute Gasteiger partial charge is 0.481 e. The summed E-state index contributed by atoms with van der Waals surface area (Å²) in [6.45, 7) is 2.06. The van der Waals surface area contributed by atoms with E-state index in [2.05, 4.69) is 10.2 Å². The molecule has 1 saturated heterocycles. The Morgan fingerprint density at radius 2 is 2.42 bits per heavy atom. The zero-order valence-corrected chi connectivity index (χ0v) is 11.2. The predicted octanol–water partition coefficient (Wildman–Crippen LogP) is -0.418. The summed E-state index contributed by atoms with van der Waals surface area (Å²) in [6, 6.07) is 0. The number of sulfonamides is 1. The van der Waals surface area contributed by atoms with Gasteiger partial charge >= 0.3 is 5.97 Å². The molecule has 2 N–H and O–H groups in total. The Kier molecular flexibility index (Phi) is 3.88. The van der Waals surface area contributed by atoms with E-state index < -0.39 is 22.1 Å². The van der Waals surface area contributed by atoms with Crippen LogP contribution in [-0.4, -0.2) is 59.8 Å². The number of carbonyl (C=O) groups is 1. The smallest absolute Gasteiger partial charge is 0.306 e. The standard InChI is InChI=1S/C10H15N3O5S/c1-7-9(5-11-12-7)19(16,17)13-2-3-18-8(6-13)4-10(14)15/h5,8H,2-4,6H2,1H3,(H,11,12)(H,14,15). The molecule has 1 aliphatic heterocycles. The van der Waals surface area contributed by atoms with Gasteiger partial charge in [-0.2, -0.15) is 9.40 Å². The Morgan fingerprint density at radius 3 is 3.00 bits per heavy atom. The van der Waals surface area contributed by atoms with Gasteiger partial charge in [-0.05, 0) is 6.92 Å². The van der Waals surface area contributed by atoms with Gasteiger partial charge in [0.2, 0.25) is 10.0 Å². The Bertz CT molecular complexity index is 567. The first-order chi connectivity index (χ1) is 8.91. The summed E-state index contributed by atoms with van der Waals surface area (Å²) >= 11 is 0. The van der Waals surface area contributed by atoms with Gasteiger partial charge in [-0.15, -0.1) is 0 Å². The van der Waals surface area contributed by atoms with E-state index in [4.69, 9.17) is 9.84 Å². The maximum atomic E-state index is 12.4. The highest BCUT2D eigenvalue weighted by Crippen LogP contribution is 2.21. The molecule has 1 atom stereocenters. The van der Waals surface area contributed by atoms with E-state index in [0.29, 0.717) is 5.69 Å². The fourth-order valence-electron chi connectivity index (χ4n) is 1.97. The fourth-order valence-corrected chi connectivity index (χ4v) is 3.54. The number of aryl methyl sites for hydroxylation is 1. The molecule has 1 unspecified atom stereocenters. The van der Waals surface area contributed by atoms with Crippen LogP contribution in [0.4, 0.5) is 0 Å². The van der Waals surface area contributed by atoms with Gasteiger partial charge in [-0.3, -0.25) is 9.89 Å². The Hall–Kier alpha value is -1.45. The lowest BCUT2D eigenvalue weighted by atomic mass is 10.2. The van der Waals surface area contributed by atoms with Crippen LogP contribution in [0.5, 0.6) is 0 Å². The second kappa shape index (κ2) is 5.27.